The molecule has 1 saturated heterocycles. The molecule has 0 saturated carbocycles. The van der Waals surface area contributed by atoms with Crippen LogP contribution >= 0.6 is 0 Å². The molecule has 1 unspecified atom stereocenters. The van der Waals surface area contributed by atoms with Crippen molar-refractivity contribution in [3.05, 3.63) is 0 Å². The third kappa shape index (κ3) is 2.40. The number of unbranched alkanes of at least 4 members (excludes halogenated alkanes) is 2. The van der Waals surface area contributed by atoms with Crippen molar-refractivity contribution in [1.29, 1.82) is 0 Å². The molecular weight excluding hydrogens is 184 g/mol. The molecule has 0 amide bonds. The first-order valence-electron chi connectivity index (χ1n) is 4.89. The Hall–Kier alpha value is -1.19. The topological polar surface area (TPSA) is 60.4 Å². The lowest BCUT2D eigenvalue weighted by Gasteiger charge is -2.02. The highest BCUT2D eigenvalue weighted by Gasteiger charge is 2.40. The van der Waals surface area contributed by atoms with Gasteiger partial charge in [-0.15, -0.1) is 0 Å². The number of carbonyl (C=O) groups is 3. The third-order valence-electron chi connectivity index (χ3n) is 2.26. The zero-order valence-corrected chi connectivity index (χ0v) is 8.25. The number of ketones is 2. The lowest BCUT2D eigenvalue weighted by molar-refractivity contribution is -0.144. The van der Waals surface area contributed by atoms with E-state index in [1.165, 1.54) is 0 Å². The first kappa shape index (κ1) is 10.9. The summed E-state index contributed by atoms with van der Waals surface area (Å²) in [6.45, 7) is 1.79. The van der Waals surface area contributed by atoms with Crippen molar-refractivity contribution in [2.24, 2.45) is 5.92 Å². The molecule has 0 spiro atoms. The lowest BCUT2D eigenvalue weighted by Crippen LogP contribution is -2.25. The quantitative estimate of drug-likeness (QED) is 0.374. The van der Waals surface area contributed by atoms with Gasteiger partial charge in [0.1, 0.15) is 0 Å². The summed E-state index contributed by atoms with van der Waals surface area (Å²) in [7, 11) is 0. The Balaban J connectivity index is 2.43. The van der Waals surface area contributed by atoms with Gasteiger partial charge in [0.05, 0.1) is 0 Å². The average molecular weight is 198 g/mol. The number of hydrogen-bond donors (Lipinski definition) is 0. The van der Waals surface area contributed by atoms with Gasteiger partial charge in [-0.05, 0) is 6.42 Å². The Labute approximate surface area is 82.6 Å². The zero-order valence-electron chi connectivity index (χ0n) is 8.25. The Bertz CT molecular complexity index is 241. The van der Waals surface area contributed by atoms with Crippen molar-refractivity contribution in [3.63, 3.8) is 0 Å². The minimum atomic E-state index is -1.12. The minimum absolute atomic E-state index is 0.233. The number of hydrogen-bond acceptors (Lipinski definition) is 4. The van der Waals surface area contributed by atoms with Gasteiger partial charge in [-0.25, -0.2) is 0 Å². The molecule has 0 aromatic heterocycles. The van der Waals surface area contributed by atoms with E-state index < -0.39 is 17.7 Å². The molecule has 0 bridgehead atoms. The average Bonchev–Trinajstić information content (AvgIpc) is 2.46. The fraction of sp³-hybridized carbons (Fsp3) is 0.700. The molecule has 1 aliphatic rings. The second kappa shape index (κ2) is 4.88. The fourth-order valence-corrected chi connectivity index (χ4v) is 1.44. The van der Waals surface area contributed by atoms with E-state index in [9.17, 15) is 14.4 Å². The van der Waals surface area contributed by atoms with Gasteiger partial charge >= 0.3 is 5.97 Å². The van der Waals surface area contributed by atoms with Crippen LogP contribution in [0, 0.1) is 5.92 Å². The Morgan fingerprint density at radius 3 is 2.64 bits per heavy atom. The van der Waals surface area contributed by atoms with Crippen LogP contribution in [0.5, 0.6) is 0 Å². The number of esters is 1. The maximum Gasteiger partial charge on any atom is 0.324 e. The molecular formula is C10H14O4. The molecule has 78 valence electrons. The molecule has 1 fully saturated rings. The highest BCUT2D eigenvalue weighted by atomic mass is 16.5. The van der Waals surface area contributed by atoms with E-state index in [4.69, 9.17) is 0 Å². The standard InChI is InChI=1S/C10H14O4/c1-2-3-4-5-7(11)9-8(12)6-14-10(9)13/h9H,2-6H2,1H3. The summed E-state index contributed by atoms with van der Waals surface area (Å²) in [5, 5.41) is 0. The second-order valence-corrected chi connectivity index (χ2v) is 3.43. The van der Waals surface area contributed by atoms with E-state index in [0.717, 1.165) is 19.3 Å². The van der Waals surface area contributed by atoms with Crippen molar-refractivity contribution in [1.82, 2.24) is 0 Å². The van der Waals surface area contributed by atoms with Gasteiger partial charge < -0.3 is 4.74 Å². The molecule has 1 heterocycles. The SMILES string of the molecule is CCCCCC(=O)C1C(=O)COC1=O. The molecule has 1 aliphatic heterocycles. The van der Waals surface area contributed by atoms with Crippen LogP contribution in [0.2, 0.25) is 0 Å². The van der Waals surface area contributed by atoms with Gasteiger partial charge in [0.15, 0.2) is 24.1 Å². The van der Waals surface area contributed by atoms with Gasteiger partial charge in [-0.2, -0.15) is 0 Å². The summed E-state index contributed by atoms with van der Waals surface area (Å²) in [6, 6.07) is 0. The van der Waals surface area contributed by atoms with E-state index in [1.807, 2.05) is 6.92 Å². The number of carbonyl (C=O) groups excluding carboxylic acids is 3. The predicted molar refractivity (Wildman–Crippen MR) is 48.6 cm³/mol. The smallest absolute Gasteiger partial charge is 0.324 e. The van der Waals surface area contributed by atoms with E-state index in [0.29, 0.717) is 6.42 Å². The largest absolute Gasteiger partial charge is 0.457 e. The summed E-state index contributed by atoms with van der Waals surface area (Å²) in [6.07, 6.45) is 3.00. The molecule has 4 heteroatoms. The van der Waals surface area contributed by atoms with Gasteiger partial charge in [-0.3, -0.25) is 14.4 Å². The van der Waals surface area contributed by atoms with Gasteiger partial charge in [0.2, 0.25) is 0 Å². The monoisotopic (exact) mass is 198 g/mol. The van der Waals surface area contributed by atoms with Crippen LogP contribution < -0.4 is 0 Å². The number of cyclic esters (lactones) is 1. The normalized spacial score (nSPS) is 21.1. The van der Waals surface area contributed by atoms with Crippen molar-refractivity contribution >= 4 is 17.5 Å². The van der Waals surface area contributed by atoms with Crippen LogP contribution in [-0.4, -0.2) is 24.1 Å². The number of ether oxygens (including phenoxy) is 1. The molecule has 0 radical (unpaired) electrons. The lowest BCUT2D eigenvalue weighted by atomic mass is 9.97. The summed E-state index contributed by atoms with van der Waals surface area (Å²) in [5.41, 5.74) is 0. The van der Waals surface area contributed by atoms with Crippen LogP contribution in [0.1, 0.15) is 32.6 Å². The van der Waals surface area contributed by atoms with Gasteiger partial charge in [0.25, 0.3) is 0 Å². The fourth-order valence-electron chi connectivity index (χ4n) is 1.44. The van der Waals surface area contributed by atoms with Gasteiger partial charge in [-0.1, -0.05) is 19.8 Å². The molecule has 0 N–H and O–H groups in total. The Kier molecular flexibility index (Phi) is 3.80. The van der Waals surface area contributed by atoms with Crippen molar-refractivity contribution < 1.29 is 19.1 Å². The molecule has 0 aromatic carbocycles. The van der Waals surface area contributed by atoms with Crippen LogP contribution in [0.3, 0.4) is 0 Å². The first-order valence-corrected chi connectivity index (χ1v) is 4.89. The molecule has 1 atom stereocenters. The Morgan fingerprint density at radius 1 is 1.43 bits per heavy atom. The zero-order chi connectivity index (χ0) is 10.6. The Morgan fingerprint density at radius 2 is 2.14 bits per heavy atom. The highest BCUT2D eigenvalue weighted by Crippen LogP contribution is 2.15. The van der Waals surface area contributed by atoms with Crippen LogP contribution in [0.25, 0.3) is 0 Å². The molecule has 1 rings (SSSR count). The van der Waals surface area contributed by atoms with E-state index >= 15 is 0 Å². The molecule has 4 nitrogen and oxygen atoms in total. The van der Waals surface area contributed by atoms with E-state index in [-0.39, 0.29) is 12.4 Å². The van der Waals surface area contributed by atoms with Crippen LogP contribution in [0.15, 0.2) is 0 Å². The summed E-state index contributed by atoms with van der Waals surface area (Å²) >= 11 is 0. The van der Waals surface area contributed by atoms with E-state index in [2.05, 4.69) is 4.74 Å². The molecule has 14 heavy (non-hydrogen) atoms. The first-order chi connectivity index (χ1) is 6.66. The predicted octanol–water partition coefficient (Wildman–Crippen LogP) is 0.878. The van der Waals surface area contributed by atoms with E-state index in [1.54, 1.807) is 0 Å². The molecule has 0 aromatic rings. The summed E-state index contributed by atoms with van der Waals surface area (Å²) in [4.78, 5) is 33.5. The number of rotatable bonds is 5. The minimum Gasteiger partial charge on any atom is -0.457 e. The summed E-state index contributed by atoms with van der Waals surface area (Å²) in [5.74, 6) is -2.47. The van der Waals surface area contributed by atoms with Crippen molar-refractivity contribution in [2.45, 2.75) is 32.6 Å². The maximum absolute atomic E-state index is 11.4. The summed E-state index contributed by atoms with van der Waals surface area (Å²) < 4.78 is 4.50. The third-order valence-corrected chi connectivity index (χ3v) is 2.26. The maximum atomic E-state index is 11.4. The molecule has 0 aliphatic carbocycles. The van der Waals surface area contributed by atoms with Crippen molar-refractivity contribution in [2.75, 3.05) is 6.61 Å². The van der Waals surface area contributed by atoms with Crippen LogP contribution in [-0.2, 0) is 19.1 Å². The second-order valence-electron chi connectivity index (χ2n) is 3.43. The van der Waals surface area contributed by atoms with Gasteiger partial charge in [0, 0.05) is 6.42 Å². The van der Waals surface area contributed by atoms with Crippen LogP contribution in [0.4, 0.5) is 0 Å². The van der Waals surface area contributed by atoms with Crippen molar-refractivity contribution in [3.8, 4) is 0 Å². The highest BCUT2D eigenvalue weighted by molar-refractivity contribution is 6.20. The number of Topliss-reactive ketones (excluding diaryl/α,β-unsaturated/α-hetero) is 2.